The summed E-state index contributed by atoms with van der Waals surface area (Å²) in [5, 5.41) is 9.63. The van der Waals surface area contributed by atoms with Crippen LogP contribution in [0.1, 0.15) is 20.8 Å². The molecular formula is C12H26N4O. The monoisotopic (exact) mass is 242 g/mol. The lowest BCUT2D eigenvalue weighted by molar-refractivity contribution is 0.176. The third kappa shape index (κ3) is 4.52. The lowest BCUT2D eigenvalue weighted by Gasteiger charge is -2.33. The van der Waals surface area contributed by atoms with Gasteiger partial charge in [0.25, 0.3) is 0 Å². The SMILES string of the molecule is CCNCC(C)(CNCC)CN1CCNC1=O. The maximum absolute atomic E-state index is 11.6. The maximum atomic E-state index is 11.6. The zero-order valence-electron chi connectivity index (χ0n) is 11.3. The van der Waals surface area contributed by atoms with Crippen LogP contribution in [-0.2, 0) is 0 Å². The zero-order chi connectivity index (χ0) is 12.7. The van der Waals surface area contributed by atoms with Gasteiger partial charge in [-0.2, -0.15) is 0 Å². The third-order valence-corrected chi connectivity index (χ3v) is 3.12. The van der Waals surface area contributed by atoms with E-state index in [1.54, 1.807) is 0 Å². The summed E-state index contributed by atoms with van der Waals surface area (Å²) in [5.41, 5.74) is 0.0910. The molecule has 17 heavy (non-hydrogen) atoms. The normalized spacial score (nSPS) is 16.4. The van der Waals surface area contributed by atoms with Gasteiger partial charge in [-0.1, -0.05) is 20.8 Å². The topological polar surface area (TPSA) is 56.4 Å². The first-order valence-electron chi connectivity index (χ1n) is 6.55. The molecule has 5 heteroatoms. The number of carbonyl (C=O) groups excluding carboxylic acids is 1. The molecule has 0 atom stereocenters. The summed E-state index contributed by atoms with van der Waals surface area (Å²) in [5.74, 6) is 0. The van der Waals surface area contributed by atoms with Crippen molar-refractivity contribution in [3.05, 3.63) is 0 Å². The molecule has 100 valence electrons. The highest BCUT2D eigenvalue weighted by molar-refractivity contribution is 5.76. The minimum absolute atomic E-state index is 0.0734. The molecule has 0 unspecified atom stereocenters. The second-order valence-corrected chi connectivity index (χ2v) is 5.02. The van der Waals surface area contributed by atoms with Gasteiger partial charge in [0.05, 0.1) is 0 Å². The van der Waals surface area contributed by atoms with Crippen LogP contribution in [0.25, 0.3) is 0 Å². The Balaban J connectivity index is 2.51. The van der Waals surface area contributed by atoms with E-state index in [9.17, 15) is 4.79 Å². The highest BCUT2D eigenvalue weighted by atomic mass is 16.2. The predicted octanol–water partition coefficient (Wildman–Crippen LogP) is 0.237. The van der Waals surface area contributed by atoms with Crippen LogP contribution in [-0.4, -0.2) is 56.7 Å². The average Bonchev–Trinajstić information content (AvgIpc) is 2.70. The number of amides is 2. The van der Waals surface area contributed by atoms with Crippen molar-refractivity contribution >= 4 is 6.03 Å². The van der Waals surface area contributed by atoms with Crippen LogP contribution >= 0.6 is 0 Å². The molecule has 1 aliphatic heterocycles. The quantitative estimate of drug-likeness (QED) is 0.571. The summed E-state index contributed by atoms with van der Waals surface area (Å²) >= 11 is 0. The van der Waals surface area contributed by atoms with E-state index in [-0.39, 0.29) is 11.4 Å². The fourth-order valence-electron chi connectivity index (χ4n) is 2.15. The molecule has 0 bridgehead atoms. The van der Waals surface area contributed by atoms with Crippen LogP contribution in [0, 0.1) is 5.41 Å². The average molecular weight is 242 g/mol. The van der Waals surface area contributed by atoms with Gasteiger partial charge in [-0.25, -0.2) is 4.79 Å². The van der Waals surface area contributed by atoms with Gasteiger partial charge in [0.2, 0.25) is 0 Å². The fraction of sp³-hybridized carbons (Fsp3) is 0.917. The molecule has 0 aromatic carbocycles. The van der Waals surface area contributed by atoms with Crippen molar-refractivity contribution in [1.82, 2.24) is 20.9 Å². The molecule has 5 nitrogen and oxygen atoms in total. The summed E-state index contributed by atoms with van der Waals surface area (Å²) < 4.78 is 0. The van der Waals surface area contributed by atoms with E-state index in [1.807, 2.05) is 4.90 Å². The second kappa shape index (κ2) is 6.81. The van der Waals surface area contributed by atoms with Gasteiger partial charge < -0.3 is 20.9 Å². The molecule has 2 amide bonds. The highest BCUT2D eigenvalue weighted by Crippen LogP contribution is 2.17. The van der Waals surface area contributed by atoms with Crippen molar-refractivity contribution in [2.75, 3.05) is 45.8 Å². The van der Waals surface area contributed by atoms with E-state index in [0.29, 0.717) is 0 Å². The highest BCUT2D eigenvalue weighted by Gasteiger charge is 2.30. The number of rotatable bonds is 8. The van der Waals surface area contributed by atoms with E-state index in [1.165, 1.54) is 0 Å². The Morgan fingerprint density at radius 2 is 1.88 bits per heavy atom. The van der Waals surface area contributed by atoms with E-state index in [4.69, 9.17) is 0 Å². The van der Waals surface area contributed by atoms with Crippen molar-refractivity contribution in [1.29, 1.82) is 0 Å². The maximum Gasteiger partial charge on any atom is 0.317 e. The van der Waals surface area contributed by atoms with E-state index in [2.05, 4.69) is 36.7 Å². The molecule has 0 radical (unpaired) electrons. The summed E-state index contributed by atoms with van der Waals surface area (Å²) in [4.78, 5) is 13.5. The van der Waals surface area contributed by atoms with Crippen molar-refractivity contribution in [2.45, 2.75) is 20.8 Å². The largest absolute Gasteiger partial charge is 0.336 e. The summed E-state index contributed by atoms with van der Waals surface area (Å²) in [7, 11) is 0. The van der Waals surface area contributed by atoms with E-state index in [0.717, 1.165) is 45.8 Å². The first kappa shape index (κ1) is 14.3. The summed E-state index contributed by atoms with van der Waals surface area (Å²) in [6.45, 7) is 12.6. The van der Waals surface area contributed by atoms with Gasteiger partial charge in [-0.05, 0) is 13.1 Å². The molecule has 0 spiro atoms. The van der Waals surface area contributed by atoms with Gasteiger partial charge >= 0.3 is 6.03 Å². The second-order valence-electron chi connectivity index (χ2n) is 5.02. The van der Waals surface area contributed by atoms with Crippen molar-refractivity contribution in [3.8, 4) is 0 Å². The molecular weight excluding hydrogens is 216 g/mol. The minimum atomic E-state index is 0.0734. The van der Waals surface area contributed by atoms with Crippen molar-refractivity contribution in [2.24, 2.45) is 5.41 Å². The number of hydrogen-bond donors (Lipinski definition) is 3. The van der Waals surface area contributed by atoms with Crippen LogP contribution in [0.4, 0.5) is 4.79 Å². The van der Waals surface area contributed by atoms with Gasteiger partial charge in [-0.15, -0.1) is 0 Å². The van der Waals surface area contributed by atoms with Crippen molar-refractivity contribution in [3.63, 3.8) is 0 Å². The molecule has 3 N–H and O–H groups in total. The lowest BCUT2D eigenvalue weighted by atomic mass is 9.89. The van der Waals surface area contributed by atoms with Gasteiger partial charge in [0.1, 0.15) is 0 Å². The Bertz CT molecular complexity index is 237. The van der Waals surface area contributed by atoms with Gasteiger partial charge in [-0.3, -0.25) is 0 Å². The summed E-state index contributed by atoms with van der Waals surface area (Å²) in [6, 6.07) is 0.0734. The molecule has 0 aromatic rings. The van der Waals surface area contributed by atoms with Crippen LogP contribution in [0.15, 0.2) is 0 Å². The first-order valence-corrected chi connectivity index (χ1v) is 6.55. The number of urea groups is 1. The Morgan fingerprint density at radius 1 is 1.29 bits per heavy atom. The summed E-state index contributed by atoms with van der Waals surface area (Å²) in [6.07, 6.45) is 0. The third-order valence-electron chi connectivity index (χ3n) is 3.12. The minimum Gasteiger partial charge on any atom is -0.336 e. The number of nitrogens with one attached hydrogen (secondary N) is 3. The molecule has 1 saturated heterocycles. The van der Waals surface area contributed by atoms with Gasteiger partial charge in [0.15, 0.2) is 0 Å². The Labute approximate surface area is 104 Å². The number of hydrogen-bond acceptors (Lipinski definition) is 3. The van der Waals surface area contributed by atoms with Crippen LogP contribution in [0.5, 0.6) is 0 Å². The predicted molar refractivity (Wildman–Crippen MR) is 70.2 cm³/mol. The molecule has 0 saturated carbocycles. The molecule has 1 rings (SSSR count). The van der Waals surface area contributed by atoms with Gasteiger partial charge in [0, 0.05) is 38.1 Å². The fourth-order valence-corrected chi connectivity index (χ4v) is 2.15. The van der Waals surface area contributed by atoms with Crippen LogP contribution in [0.2, 0.25) is 0 Å². The molecule has 1 fully saturated rings. The molecule has 1 heterocycles. The smallest absolute Gasteiger partial charge is 0.317 e. The first-order chi connectivity index (χ1) is 8.11. The van der Waals surface area contributed by atoms with E-state index < -0.39 is 0 Å². The molecule has 1 aliphatic rings. The lowest BCUT2D eigenvalue weighted by Crippen LogP contribution is -2.48. The molecule has 0 aromatic heterocycles. The van der Waals surface area contributed by atoms with Crippen LogP contribution in [0.3, 0.4) is 0 Å². The Kier molecular flexibility index (Phi) is 5.71. The Hall–Kier alpha value is -0.810. The molecule has 0 aliphatic carbocycles. The zero-order valence-corrected chi connectivity index (χ0v) is 11.3. The Morgan fingerprint density at radius 3 is 2.29 bits per heavy atom. The standard InChI is InChI=1S/C12H26N4O/c1-4-13-8-12(3,9-14-5-2)10-16-7-6-15-11(16)17/h13-14H,4-10H2,1-3H3,(H,15,17). The van der Waals surface area contributed by atoms with Crippen LogP contribution < -0.4 is 16.0 Å². The number of nitrogens with zero attached hydrogens (tertiary/aromatic N) is 1. The number of carbonyl (C=O) groups is 1. The van der Waals surface area contributed by atoms with Crippen molar-refractivity contribution < 1.29 is 4.79 Å². The van der Waals surface area contributed by atoms with E-state index >= 15 is 0 Å².